The average Bonchev–Trinajstić information content (AvgIpc) is 2.80. The molecule has 3 aromatic rings. The number of rotatable bonds is 3. The van der Waals surface area contributed by atoms with Gasteiger partial charge in [-0.15, -0.1) is 0 Å². The van der Waals surface area contributed by atoms with E-state index in [4.69, 9.17) is 11.6 Å². The Balaban J connectivity index is 1.64. The highest BCUT2D eigenvalue weighted by atomic mass is 35.5. The number of nitrogens with zero attached hydrogens (tertiary/aromatic N) is 2. The Labute approximate surface area is 139 Å². The number of nitrogens with one attached hydrogen (secondary N) is 2. The first kappa shape index (κ1) is 15.4. The zero-order valence-corrected chi connectivity index (χ0v) is 13.7. The lowest BCUT2D eigenvalue weighted by Crippen LogP contribution is -2.28. The summed E-state index contributed by atoms with van der Waals surface area (Å²) in [5.74, 6) is 0.962. The summed E-state index contributed by atoms with van der Waals surface area (Å²) in [7, 11) is 1.99. The molecule has 6 heteroatoms. The number of carbonyl (C=O) groups excluding carboxylic acids is 1. The number of imidazole rings is 1. The number of carbonyl (C=O) groups is 1. The first-order valence-electron chi connectivity index (χ1n) is 7.25. The predicted octanol–water partition coefficient (Wildman–Crippen LogP) is 3.86. The maximum absolute atomic E-state index is 11.9. The Morgan fingerprint density at radius 2 is 2.09 bits per heavy atom. The van der Waals surface area contributed by atoms with Crippen LogP contribution in [-0.2, 0) is 13.6 Å². The third-order valence-corrected chi connectivity index (χ3v) is 3.94. The van der Waals surface area contributed by atoms with Gasteiger partial charge in [-0.2, -0.15) is 0 Å². The highest BCUT2D eigenvalue weighted by Gasteiger charge is 2.06. The van der Waals surface area contributed by atoms with Crippen LogP contribution in [0.4, 0.5) is 10.5 Å². The van der Waals surface area contributed by atoms with Crippen molar-refractivity contribution in [2.45, 2.75) is 13.5 Å². The smallest absolute Gasteiger partial charge is 0.319 e. The molecule has 5 nitrogen and oxygen atoms in total. The predicted molar refractivity (Wildman–Crippen MR) is 92.8 cm³/mol. The van der Waals surface area contributed by atoms with Crippen LogP contribution in [0.25, 0.3) is 11.0 Å². The number of amides is 2. The second kappa shape index (κ2) is 6.30. The molecule has 2 amide bonds. The summed E-state index contributed by atoms with van der Waals surface area (Å²) in [5, 5.41) is 6.16. The van der Waals surface area contributed by atoms with E-state index in [1.54, 1.807) is 24.3 Å². The molecular weight excluding hydrogens is 312 g/mol. The minimum absolute atomic E-state index is 0.274. The monoisotopic (exact) mass is 328 g/mol. The normalized spacial score (nSPS) is 10.7. The van der Waals surface area contributed by atoms with Crippen LogP contribution in [0.15, 0.2) is 42.5 Å². The van der Waals surface area contributed by atoms with Gasteiger partial charge >= 0.3 is 6.03 Å². The molecule has 118 valence electrons. The molecule has 0 bridgehead atoms. The molecule has 2 aromatic carbocycles. The highest BCUT2D eigenvalue weighted by Crippen LogP contribution is 2.17. The first-order chi connectivity index (χ1) is 11.0. The fourth-order valence-electron chi connectivity index (χ4n) is 2.40. The summed E-state index contributed by atoms with van der Waals surface area (Å²) in [6, 6.07) is 12.7. The largest absolute Gasteiger partial charge is 0.334 e. The Kier molecular flexibility index (Phi) is 4.21. The summed E-state index contributed by atoms with van der Waals surface area (Å²) in [6.45, 7) is 2.40. The number of halogens is 1. The van der Waals surface area contributed by atoms with Crippen molar-refractivity contribution in [1.82, 2.24) is 14.9 Å². The van der Waals surface area contributed by atoms with Crippen molar-refractivity contribution in [1.29, 1.82) is 0 Å². The number of benzene rings is 2. The summed E-state index contributed by atoms with van der Waals surface area (Å²) in [6.07, 6.45) is 0. The molecule has 1 heterocycles. The van der Waals surface area contributed by atoms with Crippen molar-refractivity contribution in [3.05, 3.63) is 58.9 Å². The van der Waals surface area contributed by atoms with Crippen LogP contribution in [0.1, 0.15) is 11.4 Å². The van der Waals surface area contributed by atoms with E-state index in [1.807, 2.05) is 36.7 Å². The van der Waals surface area contributed by atoms with Crippen LogP contribution in [0.3, 0.4) is 0 Å². The minimum Gasteiger partial charge on any atom is -0.334 e. The lowest BCUT2D eigenvalue weighted by Gasteiger charge is -2.08. The Hall–Kier alpha value is -2.53. The van der Waals surface area contributed by atoms with E-state index >= 15 is 0 Å². The lowest BCUT2D eigenvalue weighted by molar-refractivity contribution is 0.251. The maximum Gasteiger partial charge on any atom is 0.319 e. The van der Waals surface area contributed by atoms with Gasteiger partial charge in [0.15, 0.2) is 0 Å². The molecular formula is C17H17ClN4O. The highest BCUT2D eigenvalue weighted by molar-refractivity contribution is 6.30. The molecule has 0 aliphatic heterocycles. The molecule has 0 fully saturated rings. The SMILES string of the molecule is Cc1nc2cc(CNC(=O)Nc3cccc(Cl)c3)ccc2n1C. The molecule has 3 rings (SSSR count). The molecule has 23 heavy (non-hydrogen) atoms. The van der Waals surface area contributed by atoms with Crippen molar-refractivity contribution in [3.63, 3.8) is 0 Å². The number of hydrogen-bond acceptors (Lipinski definition) is 2. The Morgan fingerprint density at radius 1 is 1.26 bits per heavy atom. The molecule has 0 aliphatic rings. The van der Waals surface area contributed by atoms with Crippen LogP contribution in [0.2, 0.25) is 5.02 Å². The van der Waals surface area contributed by atoms with Gasteiger partial charge in [0.2, 0.25) is 0 Å². The topological polar surface area (TPSA) is 59.0 Å². The number of anilines is 1. The Morgan fingerprint density at radius 3 is 2.87 bits per heavy atom. The number of hydrogen-bond donors (Lipinski definition) is 2. The minimum atomic E-state index is -0.274. The van der Waals surface area contributed by atoms with Crippen molar-refractivity contribution in [3.8, 4) is 0 Å². The molecule has 0 unspecified atom stereocenters. The van der Waals surface area contributed by atoms with Gasteiger partial charge < -0.3 is 15.2 Å². The third-order valence-electron chi connectivity index (χ3n) is 3.70. The second-order valence-corrected chi connectivity index (χ2v) is 5.80. The van der Waals surface area contributed by atoms with E-state index in [-0.39, 0.29) is 6.03 Å². The van der Waals surface area contributed by atoms with E-state index < -0.39 is 0 Å². The second-order valence-electron chi connectivity index (χ2n) is 5.36. The number of urea groups is 1. The molecule has 0 aliphatic carbocycles. The molecule has 1 aromatic heterocycles. The van der Waals surface area contributed by atoms with Crippen LogP contribution < -0.4 is 10.6 Å². The van der Waals surface area contributed by atoms with Gasteiger partial charge in [-0.3, -0.25) is 0 Å². The molecule has 0 saturated heterocycles. The lowest BCUT2D eigenvalue weighted by atomic mass is 10.2. The summed E-state index contributed by atoms with van der Waals surface area (Å²) in [4.78, 5) is 16.4. The average molecular weight is 329 g/mol. The molecule has 0 atom stereocenters. The molecule has 0 radical (unpaired) electrons. The number of fused-ring (bicyclic) bond motifs is 1. The third kappa shape index (κ3) is 3.46. The number of aryl methyl sites for hydroxylation is 2. The molecule has 0 spiro atoms. The zero-order chi connectivity index (χ0) is 16.4. The fourth-order valence-corrected chi connectivity index (χ4v) is 2.59. The van der Waals surface area contributed by atoms with E-state index in [0.717, 1.165) is 22.4 Å². The first-order valence-corrected chi connectivity index (χ1v) is 7.63. The summed E-state index contributed by atoms with van der Waals surface area (Å²) < 4.78 is 2.04. The quantitative estimate of drug-likeness (QED) is 0.767. The van der Waals surface area contributed by atoms with E-state index in [1.165, 1.54) is 0 Å². The van der Waals surface area contributed by atoms with Crippen LogP contribution in [-0.4, -0.2) is 15.6 Å². The van der Waals surface area contributed by atoms with E-state index in [9.17, 15) is 4.79 Å². The zero-order valence-electron chi connectivity index (χ0n) is 12.9. The number of aromatic nitrogens is 2. The molecule has 0 saturated carbocycles. The van der Waals surface area contributed by atoms with Crippen molar-refractivity contribution in [2.75, 3.05) is 5.32 Å². The van der Waals surface area contributed by atoms with Gasteiger partial charge in [0.25, 0.3) is 0 Å². The molecule has 2 N–H and O–H groups in total. The standard InChI is InChI=1S/C17H17ClN4O/c1-11-20-15-8-12(6-7-16(15)22(11)2)10-19-17(23)21-14-5-3-4-13(18)9-14/h3-9H,10H2,1-2H3,(H2,19,21,23). The van der Waals surface area contributed by atoms with Gasteiger partial charge in [0.05, 0.1) is 11.0 Å². The van der Waals surface area contributed by atoms with Gasteiger partial charge in [-0.25, -0.2) is 9.78 Å². The fraction of sp³-hybridized carbons (Fsp3) is 0.176. The van der Waals surface area contributed by atoms with E-state index in [0.29, 0.717) is 17.3 Å². The van der Waals surface area contributed by atoms with E-state index in [2.05, 4.69) is 15.6 Å². The van der Waals surface area contributed by atoms with Gasteiger partial charge in [-0.1, -0.05) is 23.7 Å². The van der Waals surface area contributed by atoms with Crippen LogP contribution in [0, 0.1) is 6.92 Å². The van der Waals surface area contributed by atoms with Crippen molar-refractivity contribution < 1.29 is 4.79 Å². The van der Waals surface area contributed by atoms with Crippen LogP contribution in [0.5, 0.6) is 0 Å². The van der Waals surface area contributed by atoms with Gasteiger partial charge in [0.1, 0.15) is 5.82 Å². The van der Waals surface area contributed by atoms with Crippen molar-refractivity contribution in [2.24, 2.45) is 7.05 Å². The summed E-state index contributed by atoms with van der Waals surface area (Å²) in [5.41, 5.74) is 3.66. The van der Waals surface area contributed by atoms with Crippen molar-refractivity contribution >= 4 is 34.4 Å². The van der Waals surface area contributed by atoms with Gasteiger partial charge in [0, 0.05) is 24.3 Å². The van der Waals surface area contributed by atoms with Gasteiger partial charge in [-0.05, 0) is 42.8 Å². The maximum atomic E-state index is 11.9. The summed E-state index contributed by atoms with van der Waals surface area (Å²) >= 11 is 5.89. The van der Waals surface area contributed by atoms with Crippen LogP contribution >= 0.6 is 11.6 Å². The Bertz CT molecular complexity index is 872.